The maximum atomic E-state index is 11.9. The Morgan fingerprint density at radius 2 is 1.95 bits per heavy atom. The zero-order valence-corrected chi connectivity index (χ0v) is 12.9. The highest BCUT2D eigenvalue weighted by Crippen LogP contribution is 2.14. The lowest BCUT2D eigenvalue weighted by Gasteiger charge is -2.06. The van der Waals surface area contributed by atoms with E-state index in [-0.39, 0.29) is 11.6 Å². The molecule has 21 heavy (non-hydrogen) atoms. The predicted molar refractivity (Wildman–Crippen MR) is 86.3 cm³/mol. The van der Waals surface area contributed by atoms with Gasteiger partial charge in [0.2, 0.25) is 0 Å². The van der Waals surface area contributed by atoms with Crippen LogP contribution in [0.2, 0.25) is 0 Å². The van der Waals surface area contributed by atoms with Gasteiger partial charge in [0.25, 0.3) is 5.91 Å². The molecule has 0 unspecified atom stereocenters. The maximum absolute atomic E-state index is 11.9. The molecule has 0 aliphatic heterocycles. The fraction of sp³-hybridized carbons (Fsp3) is 0. The first-order valence-corrected chi connectivity index (χ1v) is 7.18. The van der Waals surface area contributed by atoms with Gasteiger partial charge in [0.05, 0.1) is 21.7 Å². The summed E-state index contributed by atoms with van der Waals surface area (Å²) in [4.78, 5) is 19.8. The van der Waals surface area contributed by atoms with Gasteiger partial charge >= 0.3 is 0 Å². The lowest BCUT2D eigenvalue weighted by molar-refractivity contribution is 0.102. The van der Waals surface area contributed by atoms with Crippen LogP contribution in [-0.4, -0.2) is 25.7 Å². The van der Waals surface area contributed by atoms with Crippen LogP contribution in [0, 0.1) is 3.57 Å². The molecule has 1 N–H and O–H groups in total. The van der Waals surface area contributed by atoms with Gasteiger partial charge in [-0.3, -0.25) is 9.78 Å². The molecule has 0 saturated heterocycles. The molecule has 2 heterocycles. The van der Waals surface area contributed by atoms with E-state index in [0.29, 0.717) is 5.69 Å². The summed E-state index contributed by atoms with van der Waals surface area (Å²) in [6.45, 7) is 0. The highest BCUT2D eigenvalue weighted by atomic mass is 127. The number of hydrogen-bond acceptors (Lipinski definition) is 4. The van der Waals surface area contributed by atoms with E-state index >= 15 is 0 Å². The molecule has 0 fully saturated rings. The average molecular weight is 391 g/mol. The minimum Gasteiger partial charge on any atom is -0.321 e. The number of amides is 1. The minimum absolute atomic E-state index is 0.281. The van der Waals surface area contributed by atoms with Crippen molar-refractivity contribution < 1.29 is 4.79 Å². The molecule has 104 valence electrons. The molecule has 1 amide bonds. The molecule has 0 atom stereocenters. The number of anilines is 1. The lowest BCUT2D eigenvalue weighted by atomic mass is 10.2. The third-order valence-electron chi connectivity index (χ3n) is 2.74. The molecule has 0 aliphatic rings. The zero-order chi connectivity index (χ0) is 14.7. The van der Waals surface area contributed by atoms with Gasteiger partial charge in [-0.15, -0.1) is 0 Å². The van der Waals surface area contributed by atoms with Gasteiger partial charge in [-0.25, -0.2) is 9.67 Å². The van der Waals surface area contributed by atoms with Crippen molar-refractivity contribution in [3.8, 4) is 5.69 Å². The van der Waals surface area contributed by atoms with Gasteiger partial charge in [-0.2, -0.15) is 5.10 Å². The Hall–Kier alpha value is -2.29. The Bertz CT molecular complexity index is 755. The largest absolute Gasteiger partial charge is 0.321 e. The molecule has 0 aliphatic carbocycles. The fourth-order valence-electron chi connectivity index (χ4n) is 1.75. The van der Waals surface area contributed by atoms with Crippen molar-refractivity contribution in [1.29, 1.82) is 0 Å². The summed E-state index contributed by atoms with van der Waals surface area (Å²) in [6, 6.07) is 7.40. The number of rotatable bonds is 3. The first-order valence-electron chi connectivity index (χ1n) is 6.10. The molecule has 0 radical (unpaired) electrons. The molecule has 0 saturated carbocycles. The third-order valence-corrected chi connectivity index (χ3v) is 3.29. The van der Waals surface area contributed by atoms with Crippen LogP contribution in [0.4, 0.5) is 5.69 Å². The Labute approximate surface area is 134 Å². The number of benzene rings is 1. The van der Waals surface area contributed by atoms with Crippen LogP contribution in [0.5, 0.6) is 0 Å². The summed E-state index contributed by atoms with van der Waals surface area (Å²) in [6.07, 6.45) is 8.14. The van der Waals surface area contributed by atoms with Gasteiger partial charge in [0.15, 0.2) is 0 Å². The molecule has 2 aromatic heterocycles. The van der Waals surface area contributed by atoms with E-state index < -0.39 is 0 Å². The van der Waals surface area contributed by atoms with E-state index in [1.807, 2.05) is 30.5 Å². The van der Waals surface area contributed by atoms with Gasteiger partial charge in [0, 0.05) is 24.3 Å². The Kier molecular flexibility index (Phi) is 3.91. The molecule has 1 aromatic carbocycles. The van der Waals surface area contributed by atoms with Crippen molar-refractivity contribution in [2.75, 3.05) is 5.32 Å². The smallest absolute Gasteiger partial charge is 0.275 e. The summed E-state index contributed by atoms with van der Waals surface area (Å²) >= 11 is 2.20. The molecular formula is C14H10IN5O. The summed E-state index contributed by atoms with van der Waals surface area (Å²) < 4.78 is 2.84. The Balaban J connectivity index is 1.74. The van der Waals surface area contributed by atoms with Crippen LogP contribution in [-0.2, 0) is 0 Å². The lowest BCUT2D eigenvalue weighted by Crippen LogP contribution is -2.13. The van der Waals surface area contributed by atoms with Crippen molar-refractivity contribution in [3.63, 3.8) is 0 Å². The Morgan fingerprint density at radius 3 is 2.57 bits per heavy atom. The van der Waals surface area contributed by atoms with E-state index in [1.165, 1.54) is 18.6 Å². The quantitative estimate of drug-likeness (QED) is 0.697. The van der Waals surface area contributed by atoms with Crippen LogP contribution in [0.3, 0.4) is 0 Å². The summed E-state index contributed by atoms with van der Waals surface area (Å²) in [7, 11) is 0. The first kappa shape index (κ1) is 13.7. The molecule has 7 heteroatoms. The zero-order valence-electron chi connectivity index (χ0n) is 10.8. The SMILES string of the molecule is O=C(Nc1ccc(-n2cc(I)cn2)cc1)c1cnccn1. The number of hydrogen-bond donors (Lipinski definition) is 1. The predicted octanol–water partition coefficient (Wildman–Crippen LogP) is 2.52. The third kappa shape index (κ3) is 3.24. The summed E-state index contributed by atoms with van der Waals surface area (Å²) in [5.41, 5.74) is 1.90. The molecule has 0 bridgehead atoms. The maximum Gasteiger partial charge on any atom is 0.275 e. The molecule has 3 rings (SSSR count). The second-order valence-electron chi connectivity index (χ2n) is 4.19. The monoisotopic (exact) mass is 391 g/mol. The second-order valence-corrected chi connectivity index (χ2v) is 5.44. The van der Waals surface area contributed by atoms with Gasteiger partial charge in [0.1, 0.15) is 5.69 Å². The van der Waals surface area contributed by atoms with Crippen molar-refractivity contribution in [2.24, 2.45) is 0 Å². The number of halogens is 1. The van der Waals surface area contributed by atoms with E-state index in [2.05, 4.69) is 43.0 Å². The number of carbonyl (C=O) groups excluding carboxylic acids is 1. The van der Waals surface area contributed by atoms with Crippen molar-refractivity contribution in [2.45, 2.75) is 0 Å². The number of carbonyl (C=O) groups is 1. The van der Waals surface area contributed by atoms with Crippen LogP contribution < -0.4 is 5.32 Å². The average Bonchev–Trinajstić information content (AvgIpc) is 2.95. The first-order chi connectivity index (χ1) is 10.2. The van der Waals surface area contributed by atoms with E-state index in [4.69, 9.17) is 0 Å². The highest BCUT2D eigenvalue weighted by Gasteiger charge is 2.07. The van der Waals surface area contributed by atoms with Crippen molar-refractivity contribution in [1.82, 2.24) is 19.7 Å². The standard InChI is InChI=1S/C14H10IN5O/c15-10-7-18-20(9-10)12-3-1-11(2-4-12)19-14(21)13-8-16-5-6-17-13/h1-9H,(H,19,21). The highest BCUT2D eigenvalue weighted by molar-refractivity contribution is 14.1. The second kappa shape index (κ2) is 6.00. The van der Waals surface area contributed by atoms with Crippen molar-refractivity contribution in [3.05, 3.63) is 64.5 Å². The van der Waals surface area contributed by atoms with Gasteiger partial charge < -0.3 is 5.32 Å². The van der Waals surface area contributed by atoms with Crippen LogP contribution >= 0.6 is 22.6 Å². The topological polar surface area (TPSA) is 72.7 Å². The number of nitrogens with one attached hydrogen (secondary N) is 1. The fourth-order valence-corrected chi connectivity index (χ4v) is 2.14. The van der Waals surface area contributed by atoms with E-state index in [0.717, 1.165) is 9.26 Å². The Morgan fingerprint density at radius 1 is 1.14 bits per heavy atom. The molecule has 0 spiro atoms. The summed E-state index contributed by atoms with van der Waals surface area (Å²) in [5, 5.41) is 7.00. The summed E-state index contributed by atoms with van der Waals surface area (Å²) in [5.74, 6) is -0.288. The van der Waals surface area contributed by atoms with Crippen LogP contribution in [0.15, 0.2) is 55.2 Å². The molecule has 3 aromatic rings. The minimum atomic E-state index is -0.288. The molecule has 6 nitrogen and oxygen atoms in total. The van der Waals surface area contributed by atoms with E-state index in [9.17, 15) is 4.79 Å². The van der Waals surface area contributed by atoms with E-state index in [1.54, 1.807) is 10.9 Å². The number of nitrogens with zero attached hydrogens (tertiary/aromatic N) is 4. The van der Waals surface area contributed by atoms with Crippen LogP contribution in [0.1, 0.15) is 10.5 Å². The normalized spacial score (nSPS) is 10.3. The van der Waals surface area contributed by atoms with Gasteiger partial charge in [-0.1, -0.05) is 0 Å². The van der Waals surface area contributed by atoms with Crippen molar-refractivity contribution >= 4 is 34.2 Å². The van der Waals surface area contributed by atoms with Gasteiger partial charge in [-0.05, 0) is 46.9 Å². The van der Waals surface area contributed by atoms with Crippen LogP contribution in [0.25, 0.3) is 5.69 Å². The number of aromatic nitrogens is 4. The molecular weight excluding hydrogens is 381 g/mol.